The van der Waals surface area contributed by atoms with E-state index >= 15 is 0 Å². The van der Waals surface area contributed by atoms with Gasteiger partial charge in [0.2, 0.25) is 5.91 Å². The smallest absolute Gasteiger partial charge is 0.246 e. The molecule has 2 aromatic rings. The van der Waals surface area contributed by atoms with Gasteiger partial charge in [0.25, 0.3) is 0 Å². The van der Waals surface area contributed by atoms with Crippen molar-refractivity contribution in [3.63, 3.8) is 0 Å². The second kappa shape index (κ2) is 9.05. The number of nitrogens with one attached hydrogen (secondary N) is 1. The standard InChI is InChI=1S/C22H29FN6O2/c1-24-21(28-9-10-29(20(30)15-28)19-13-26-27(2)14-19)25-16-22(7-11-31-12-8-22)17-3-5-18(23)6-4-17/h3-6,13-14H,7-12,15-16H2,1-2H3,(H,24,25). The summed E-state index contributed by atoms with van der Waals surface area (Å²) < 4.78 is 20.8. The molecule has 1 aromatic heterocycles. The number of aromatic nitrogens is 2. The number of guanidine groups is 1. The predicted octanol–water partition coefficient (Wildman–Crippen LogP) is 1.53. The number of ether oxygens (including phenoxy) is 1. The van der Waals surface area contributed by atoms with Crippen LogP contribution in [-0.2, 0) is 22.0 Å². The van der Waals surface area contributed by atoms with Crippen LogP contribution < -0.4 is 10.2 Å². The molecule has 4 rings (SSSR count). The van der Waals surface area contributed by atoms with Crippen molar-refractivity contribution < 1.29 is 13.9 Å². The molecule has 2 aliphatic rings. The van der Waals surface area contributed by atoms with Crippen molar-refractivity contribution in [2.24, 2.45) is 12.0 Å². The maximum Gasteiger partial charge on any atom is 0.246 e. The number of aryl methyl sites for hydroxylation is 1. The lowest BCUT2D eigenvalue weighted by Gasteiger charge is -2.40. The first-order valence-corrected chi connectivity index (χ1v) is 10.6. The molecule has 1 amide bonds. The Morgan fingerprint density at radius 2 is 2.00 bits per heavy atom. The molecule has 1 N–H and O–H groups in total. The van der Waals surface area contributed by atoms with Gasteiger partial charge in [0.15, 0.2) is 5.96 Å². The van der Waals surface area contributed by atoms with E-state index < -0.39 is 0 Å². The summed E-state index contributed by atoms with van der Waals surface area (Å²) in [5, 5.41) is 7.64. The summed E-state index contributed by atoms with van der Waals surface area (Å²) in [5.74, 6) is 0.480. The number of aliphatic imine (C=N–C) groups is 1. The third-order valence-electron chi connectivity index (χ3n) is 6.23. The van der Waals surface area contributed by atoms with Crippen molar-refractivity contribution in [3.05, 3.63) is 48.0 Å². The molecule has 2 aliphatic heterocycles. The van der Waals surface area contributed by atoms with E-state index in [1.54, 1.807) is 22.8 Å². The van der Waals surface area contributed by atoms with E-state index in [9.17, 15) is 9.18 Å². The van der Waals surface area contributed by atoms with Crippen molar-refractivity contribution in [1.29, 1.82) is 0 Å². The van der Waals surface area contributed by atoms with Gasteiger partial charge in [-0.15, -0.1) is 0 Å². The Morgan fingerprint density at radius 3 is 2.61 bits per heavy atom. The molecular formula is C22H29FN6O2. The molecular weight excluding hydrogens is 399 g/mol. The van der Waals surface area contributed by atoms with E-state index in [1.165, 1.54) is 12.1 Å². The van der Waals surface area contributed by atoms with E-state index in [2.05, 4.69) is 15.4 Å². The third kappa shape index (κ3) is 4.56. The lowest BCUT2D eigenvalue weighted by molar-refractivity contribution is -0.120. The maximum absolute atomic E-state index is 13.5. The van der Waals surface area contributed by atoms with Crippen molar-refractivity contribution in [2.75, 3.05) is 51.3 Å². The van der Waals surface area contributed by atoms with Crippen LogP contribution in [0.1, 0.15) is 18.4 Å². The molecule has 9 heteroatoms. The molecule has 0 atom stereocenters. The summed E-state index contributed by atoms with van der Waals surface area (Å²) in [6, 6.07) is 6.75. The van der Waals surface area contributed by atoms with E-state index in [0.717, 1.165) is 24.1 Å². The number of benzene rings is 1. The summed E-state index contributed by atoms with van der Waals surface area (Å²) in [6.07, 6.45) is 5.24. The SMILES string of the molecule is CN=C(NCC1(c2ccc(F)cc2)CCOCC1)N1CCN(c2cnn(C)c2)C(=O)C1. The first-order valence-electron chi connectivity index (χ1n) is 10.6. The fraction of sp³-hybridized carbons (Fsp3) is 0.500. The first-order chi connectivity index (χ1) is 15.0. The number of halogens is 1. The number of anilines is 1. The second-order valence-corrected chi connectivity index (χ2v) is 8.14. The van der Waals surface area contributed by atoms with Crippen molar-refractivity contribution in [2.45, 2.75) is 18.3 Å². The van der Waals surface area contributed by atoms with Gasteiger partial charge >= 0.3 is 0 Å². The molecule has 2 fully saturated rings. The highest BCUT2D eigenvalue weighted by atomic mass is 19.1. The lowest BCUT2D eigenvalue weighted by Crippen LogP contribution is -2.57. The van der Waals surface area contributed by atoms with Crippen LogP contribution in [-0.4, -0.2) is 73.0 Å². The summed E-state index contributed by atoms with van der Waals surface area (Å²) in [5.41, 5.74) is 1.74. The summed E-state index contributed by atoms with van der Waals surface area (Å²) >= 11 is 0. The maximum atomic E-state index is 13.5. The number of rotatable bonds is 4. The Hall–Kier alpha value is -2.94. The zero-order valence-electron chi connectivity index (χ0n) is 18.1. The predicted molar refractivity (Wildman–Crippen MR) is 117 cm³/mol. The molecule has 166 valence electrons. The Labute approximate surface area is 181 Å². The van der Waals surface area contributed by atoms with Crippen LogP contribution in [0.5, 0.6) is 0 Å². The quantitative estimate of drug-likeness (QED) is 0.591. The van der Waals surface area contributed by atoms with Crippen LogP contribution in [0.2, 0.25) is 0 Å². The van der Waals surface area contributed by atoms with Gasteiger partial charge in [0.05, 0.1) is 11.9 Å². The minimum atomic E-state index is -0.236. The lowest BCUT2D eigenvalue weighted by atomic mass is 9.74. The molecule has 0 aliphatic carbocycles. The number of nitrogens with zero attached hydrogens (tertiary/aromatic N) is 5. The highest BCUT2D eigenvalue weighted by Gasteiger charge is 2.35. The second-order valence-electron chi connectivity index (χ2n) is 8.14. The number of amides is 1. The van der Waals surface area contributed by atoms with Crippen LogP contribution >= 0.6 is 0 Å². The van der Waals surface area contributed by atoms with E-state index in [0.29, 0.717) is 38.8 Å². The van der Waals surface area contributed by atoms with Gasteiger partial charge in [-0.05, 0) is 30.5 Å². The zero-order chi connectivity index (χ0) is 21.8. The molecule has 2 saturated heterocycles. The van der Waals surface area contributed by atoms with E-state index in [4.69, 9.17) is 4.74 Å². The van der Waals surface area contributed by atoms with E-state index in [1.807, 2.05) is 30.3 Å². The monoisotopic (exact) mass is 428 g/mol. The van der Waals surface area contributed by atoms with Crippen LogP contribution in [0.3, 0.4) is 0 Å². The van der Waals surface area contributed by atoms with Gasteiger partial charge in [0, 0.05) is 58.6 Å². The number of hydrogen-bond acceptors (Lipinski definition) is 4. The average molecular weight is 429 g/mol. The average Bonchev–Trinajstić information content (AvgIpc) is 3.21. The van der Waals surface area contributed by atoms with E-state index in [-0.39, 0.29) is 23.7 Å². The van der Waals surface area contributed by atoms with Crippen LogP contribution in [0.4, 0.5) is 10.1 Å². The van der Waals surface area contributed by atoms with Gasteiger partial charge in [-0.3, -0.25) is 14.5 Å². The molecule has 0 saturated carbocycles. The van der Waals surface area contributed by atoms with Gasteiger partial charge in [0.1, 0.15) is 12.4 Å². The molecule has 31 heavy (non-hydrogen) atoms. The summed E-state index contributed by atoms with van der Waals surface area (Å²) in [4.78, 5) is 20.9. The molecule has 0 bridgehead atoms. The molecule has 0 unspecified atom stereocenters. The Balaban J connectivity index is 1.43. The van der Waals surface area contributed by atoms with Crippen LogP contribution in [0.15, 0.2) is 41.7 Å². The Bertz CT molecular complexity index is 936. The first kappa shape index (κ1) is 21.3. The minimum absolute atomic E-state index is 0.0153. The van der Waals surface area contributed by atoms with Crippen molar-refractivity contribution in [3.8, 4) is 0 Å². The number of hydrogen-bond donors (Lipinski definition) is 1. The largest absolute Gasteiger partial charge is 0.381 e. The Morgan fingerprint density at radius 1 is 1.26 bits per heavy atom. The highest BCUT2D eigenvalue weighted by molar-refractivity contribution is 5.98. The summed E-state index contributed by atoms with van der Waals surface area (Å²) in [7, 11) is 3.57. The van der Waals surface area contributed by atoms with Gasteiger partial charge in [-0.25, -0.2) is 4.39 Å². The highest BCUT2D eigenvalue weighted by Crippen LogP contribution is 2.34. The molecule has 0 spiro atoms. The number of piperazine rings is 1. The topological polar surface area (TPSA) is 75.0 Å². The van der Waals surface area contributed by atoms with Gasteiger partial charge in [-0.1, -0.05) is 12.1 Å². The molecule has 3 heterocycles. The molecule has 8 nitrogen and oxygen atoms in total. The van der Waals surface area contributed by atoms with Gasteiger partial charge in [-0.2, -0.15) is 5.10 Å². The van der Waals surface area contributed by atoms with Crippen LogP contribution in [0, 0.1) is 5.82 Å². The fourth-order valence-electron chi connectivity index (χ4n) is 4.39. The summed E-state index contributed by atoms with van der Waals surface area (Å²) in [6.45, 7) is 3.47. The number of carbonyl (C=O) groups is 1. The fourth-order valence-corrected chi connectivity index (χ4v) is 4.39. The Kier molecular flexibility index (Phi) is 6.22. The van der Waals surface area contributed by atoms with Crippen molar-refractivity contribution in [1.82, 2.24) is 20.0 Å². The van der Waals surface area contributed by atoms with Crippen molar-refractivity contribution >= 4 is 17.6 Å². The molecule has 0 radical (unpaired) electrons. The van der Waals surface area contributed by atoms with Gasteiger partial charge < -0.3 is 19.9 Å². The zero-order valence-corrected chi connectivity index (χ0v) is 18.1. The molecule has 1 aromatic carbocycles. The normalized spacial score (nSPS) is 19.6. The number of carbonyl (C=O) groups excluding carboxylic acids is 1. The third-order valence-corrected chi connectivity index (χ3v) is 6.23. The minimum Gasteiger partial charge on any atom is -0.381 e. The van der Waals surface area contributed by atoms with Crippen LogP contribution in [0.25, 0.3) is 0 Å².